The van der Waals surface area contributed by atoms with Crippen LogP contribution in [0.3, 0.4) is 0 Å². The number of carbonyl (C=O) groups excluding carboxylic acids is 2. The van der Waals surface area contributed by atoms with Crippen molar-refractivity contribution in [2.24, 2.45) is 0 Å². The van der Waals surface area contributed by atoms with Crippen molar-refractivity contribution in [2.45, 2.75) is 25.4 Å². The van der Waals surface area contributed by atoms with E-state index in [9.17, 15) is 18.4 Å². The summed E-state index contributed by atoms with van der Waals surface area (Å²) in [5, 5.41) is 0. The van der Waals surface area contributed by atoms with Gasteiger partial charge in [0.1, 0.15) is 11.6 Å². The number of ether oxygens (including phenoxy) is 1. The van der Waals surface area contributed by atoms with Crippen LogP contribution in [0.25, 0.3) is 0 Å². The Hall–Kier alpha value is -1.82. The van der Waals surface area contributed by atoms with Crippen LogP contribution >= 0.6 is 0 Å². The van der Waals surface area contributed by atoms with Crippen LogP contribution in [-0.2, 0) is 9.53 Å². The van der Waals surface area contributed by atoms with Crippen molar-refractivity contribution in [1.29, 1.82) is 0 Å². The van der Waals surface area contributed by atoms with Gasteiger partial charge in [0.05, 0.1) is 23.9 Å². The number of ketones is 1. The first kappa shape index (κ1) is 13.2. The van der Waals surface area contributed by atoms with Crippen LogP contribution in [-0.4, -0.2) is 30.9 Å². The normalized spacial score (nSPS) is 22.3. The molecule has 106 valence electrons. The molecular weight excluding hydrogens is 268 g/mol. The Morgan fingerprint density at radius 1 is 1.20 bits per heavy atom. The van der Waals surface area contributed by atoms with Crippen molar-refractivity contribution in [3.05, 3.63) is 29.3 Å². The van der Waals surface area contributed by atoms with Crippen molar-refractivity contribution in [2.75, 3.05) is 18.1 Å². The fourth-order valence-electron chi connectivity index (χ4n) is 2.68. The quantitative estimate of drug-likeness (QED) is 0.780. The van der Waals surface area contributed by atoms with Gasteiger partial charge in [-0.1, -0.05) is 0 Å². The van der Waals surface area contributed by atoms with E-state index in [1.807, 2.05) is 0 Å². The summed E-state index contributed by atoms with van der Waals surface area (Å²) in [5.74, 6) is -3.52. The highest BCUT2D eigenvalue weighted by Gasteiger charge is 2.41. The zero-order valence-corrected chi connectivity index (χ0v) is 10.7. The first-order valence-electron chi connectivity index (χ1n) is 6.55. The Labute approximate surface area is 114 Å². The maximum Gasteiger partial charge on any atom is 0.299 e. The molecule has 0 bridgehead atoms. The van der Waals surface area contributed by atoms with Crippen molar-refractivity contribution in [3.63, 3.8) is 0 Å². The maximum absolute atomic E-state index is 13.9. The number of carbonyl (C=O) groups is 2. The number of nitrogens with zero attached hydrogens (tertiary/aromatic N) is 1. The molecule has 1 amide bonds. The number of hydrogen-bond donors (Lipinski definition) is 0. The SMILES string of the molecule is O=C1C(=O)N(CC2CCCCO2)c2c(F)ccc(F)c21. The molecule has 1 fully saturated rings. The molecular formula is C14H13F2NO3. The van der Waals surface area contributed by atoms with Crippen LogP contribution in [0.4, 0.5) is 14.5 Å². The number of benzene rings is 1. The van der Waals surface area contributed by atoms with Gasteiger partial charge in [-0.3, -0.25) is 14.5 Å². The van der Waals surface area contributed by atoms with Crippen molar-refractivity contribution in [1.82, 2.24) is 0 Å². The van der Waals surface area contributed by atoms with Gasteiger partial charge in [0.2, 0.25) is 0 Å². The largest absolute Gasteiger partial charge is 0.376 e. The molecule has 1 unspecified atom stereocenters. The molecule has 6 heteroatoms. The molecule has 2 heterocycles. The lowest BCUT2D eigenvalue weighted by atomic mass is 10.1. The molecule has 0 saturated carbocycles. The van der Waals surface area contributed by atoms with E-state index in [-0.39, 0.29) is 18.3 Å². The second kappa shape index (κ2) is 4.94. The Kier molecular flexibility index (Phi) is 3.25. The van der Waals surface area contributed by atoms with E-state index in [1.54, 1.807) is 0 Å². The zero-order valence-electron chi connectivity index (χ0n) is 10.7. The number of amides is 1. The molecule has 0 aliphatic carbocycles. The van der Waals surface area contributed by atoms with Gasteiger partial charge < -0.3 is 4.74 Å². The van der Waals surface area contributed by atoms with E-state index >= 15 is 0 Å². The minimum atomic E-state index is -0.993. The summed E-state index contributed by atoms with van der Waals surface area (Å²) < 4.78 is 33.0. The number of halogens is 2. The first-order valence-corrected chi connectivity index (χ1v) is 6.55. The zero-order chi connectivity index (χ0) is 14.3. The molecule has 0 aromatic heterocycles. The molecule has 1 aromatic carbocycles. The summed E-state index contributed by atoms with van der Waals surface area (Å²) in [5.41, 5.74) is -0.722. The van der Waals surface area contributed by atoms with Gasteiger partial charge in [0.15, 0.2) is 0 Å². The molecule has 2 aliphatic heterocycles. The predicted octanol–water partition coefficient (Wildman–Crippen LogP) is 2.06. The van der Waals surface area contributed by atoms with E-state index < -0.39 is 28.9 Å². The lowest BCUT2D eigenvalue weighted by molar-refractivity contribution is -0.114. The van der Waals surface area contributed by atoms with E-state index in [2.05, 4.69) is 0 Å². The fourth-order valence-corrected chi connectivity index (χ4v) is 2.68. The first-order chi connectivity index (χ1) is 9.59. The highest BCUT2D eigenvalue weighted by molar-refractivity contribution is 6.52. The third kappa shape index (κ3) is 2.00. The highest BCUT2D eigenvalue weighted by atomic mass is 19.1. The Morgan fingerprint density at radius 3 is 2.65 bits per heavy atom. The summed E-state index contributed by atoms with van der Waals surface area (Å²) in [6.07, 6.45) is 2.40. The molecule has 0 N–H and O–H groups in total. The maximum atomic E-state index is 13.9. The molecule has 2 aliphatic rings. The minimum absolute atomic E-state index is 0.0813. The molecule has 1 atom stereocenters. The van der Waals surface area contributed by atoms with Gasteiger partial charge in [0.25, 0.3) is 11.7 Å². The van der Waals surface area contributed by atoms with Crippen LogP contribution in [0.2, 0.25) is 0 Å². The molecule has 0 spiro atoms. The van der Waals surface area contributed by atoms with E-state index in [4.69, 9.17) is 4.74 Å². The van der Waals surface area contributed by atoms with Crippen LogP contribution in [0.1, 0.15) is 29.6 Å². The number of hydrogen-bond acceptors (Lipinski definition) is 3. The van der Waals surface area contributed by atoms with Gasteiger partial charge in [-0.15, -0.1) is 0 Å². The van der Waals surface area contributed by atoms with E-state index in [1.165, 1.54) is 0 Å². The van der Waals surface area contributed by atoms with Crippen LogP contribution in [0.5, 0.6) is 0 Å². The Bertz CT molecular complexity index is 582. The molecule has 0 radical (unpaired) electrons. The molecule has 4 nitrogen and oxygen atoms in total. The summed E-state index contributed by atoms with van der Waals surface area (Å²) in [6, 6.07) is 1.79. The van der Waals surface area contributed by atoms with Gasteiger partial charge in [-0.2, -0.15) is 0 Å². The van der Waals surface area contributed by atoms with Gasteiger partial charge in [-0.05, 0) is 31.4 Å². The number of anilines is 1. The number of fused-ring (bicyclic) bond motifs is 1. The van der Waals surface area contributed by atoms with Crippen molar-refractivity contribution >= 4 is 17.4 Å². The Balaban J connectivity index is 1.95. The standard InChI is InChI=1S/C14H13F2NO3/c15-9-4-5-10(16)12-11(9)13(18)14(19)17(12)7-8-3-1-2-6-20-8/h4-5,8H,1-3,6-7H2. The van der Waals surface area contributed by atoms with Crippen LogP contribution in [0.15, 0.2) is 12.1 Å². The van der Waals surface area contributed by atoms with Gasteiger partial charge in [-0.25, -0.2) is 8.78 Å². The summed E-state index contributed by atoms with van der Waals surface area (Å²) >= 11 is 0. The lowest BCUT2D eigenvalue weighted by Crippen LogP contribution is -2.39. The van der Waals surface area contributed by atoms with Crippen molar-refractivity contribution in [3.8, 4) is 0 Å². The third-order valence-electron chi connectivity index (χ3n) is 3.67. The fraction of sp³-hybridized carbons (Fsp3) is 0.429. The average Bonchev–Trinajstić information content (AvgIpc) is 2.70. The highest BCUT2D eigenvalue weighted by Crippen LogP contribution is 2.34. The Morgan fingerprint density at radius 2 is 1.95 bits per heavy atom. The summed E-state index contributed by atoms with van der Waals surface area (Å²) in [4.78, 5) is 24.7. The molecule has 20 heavy (non-hydrogen) atoms. The summed E-state index contributed by atoms with van der Waals surface area (Å²) in [6.45, 7) is 0.664. The second-order valence-corrected chi connectivity index (χ2v) is 4.99. The van der Waals surface area contributed by atoms with Crippen LogP contribution < -0.4 is 4.90 Å². The van der Waals surface area contributed by atoms with Gasteiger partial charge >= 0.3 is 0 Å². The smallest absolute Gasteiger partial charge is 0.299 e. The predicted molar refractivity (Wildman–Crippen MR) is 66.6 cm³/mol. The molecule has 1 aromatic rings. The molecule has 1 saturated heterocycles. The average molecular weight is 281 g/mol. The lowest BCUT2D eigenvalue weighted by Gasteiger charge is -2.27. The third-order valence-corrected chi connectivity index (χ3v) is 3.67. The molecule has 3 rings (SSSR count). The van der Waals surface area contributed by atoms with E-state index in [0.29, 0.717) is 6.61 Å². The number of Topliss-reactive ketones (excluding diaryl/α,β-unsaturated/α-hetero) is 1. The summed E-state index contributed by atoms with van der Waals surface area (Å²) in [7, 11) is 0. The van der Waals surface area contributed by atoms with Crippen molar-refractivity contribution < 1.29 is 23.1 Å². The van der Waals surface area contributed by atoms with Gasteiger partial charge in [0, 0.05) is 6.61 Å². The van der Waals surface area contributed by atoms with Crippen LogP contribution in [0, 0.1) is 11.6 Å². The number of rotatable bonds is 2. The topological polar surface area (TPSA) is 46.6 Å². The second-order valence-electron chi connectivity index (χ2n) is 4.99. The van der Waals surface area contributed by atoms with E-state index in [0.717, 1.165) is 36.3 Å². The monoisotopic (exact) mass is 281 g/mol. The minimum Gasteiger partial charge on any atom is -0.376 e.